The Kier molecular flexibility index (Phi) is 9.39. The molecule has 2 aromatic rings. The maximum Gasteiger partial charge on any atom is 0.251 e. The minimum atomic E-state index is -0.0620. The summed E-state index contributed by atoms with van der Waals surface area (Å²) in [5.74, 6) is 0.715. The van der Waals surface area contributed by atoms with Gasteiger partial charge in [-0.05, 0) is 46.5 Å². The van der Waals surface area contributed by atoms with Gasteiger partial charge in [0, 0.05) is 32.7 Å². The van der Waals surface area contributed by atoms with Crippen molar-refractivity contribution >= 4 is 47.2 Å². The lowest BCUT2D eigenvalue weighted by molar-refractivity contribution is 0.0963. The Labute approximate surface area is 164 Å². The van der Waals surface area contributed by atoms with E-state index in [0.29, 0.717) is 5.56 Å². The standard InChI is InChI=1S/C17H22N4OS.HI/c1-18-16(22)15-5-3-4-13(10-15)6-8-20-17(19-2)21-11-14-7-9-23-12-14;/h3-5,7,9-10,12H,6,8,11H2,1-2H3,(H,18,22)(H2,19,20,21);1H. The van der Waals surface area contributed by atoms with Gasteiger partial charge in [-0.2, -0.15) is 11.3 Å². The molecule has 0 radical (unpaired) electrons. The number of nitrogens with zero attached hydrogens (tertiary/aromatic N) is 1. The van der Waals surface area contributed by atoms with Gasteiger partial charge in [0.2, 0.25) is 0 Å². The van der Waals surface area contributed by atoms with E-state index in [-0.39, 0.29) is 29.9 Å². The van der Waals surface area contributed by atoms with Gasteiger partial charge in [0.05, 0.1) is 0 Å². The third-order valence-electron chi connectivity index (χ3n) is 3.39. The van der Waals surface area contributed by atoms with Crippen LogP contribution in [0.1, 0.15) is 21.5 Å². The molecule has 0 spiro atoms. The van der Waals surface area contributed by atoms with Gasteiger partial charge in [0.15, 0.2) is 5.96 Å². The maximum absolute atomic E-state index is 11.6. The first kappa shape index (κ1) is 20.4. The zero-order valence-corrected chi connectivity index (χ0v) is 17.0. The molecule has 0 aliphatic carbocycles. The number of amides is 1. The number of hydrogen-bond donors (Lipinski definition) is 3. The Morgan fingerprint density at radius 3 is 2.71 bits per heavy atom. The Balaban J connectivity index is 0.00000288. The molecule has 0 atom stereocenters. The maximum atomic E-state index is 11.6. The molecule has 0 aliphatic rings. The molecule has 0 saturated heterocycles. The van der Waals surface area contributed by atoms with Gasteiger partial charge < -0.3 is 16.0 Å². The Morgan fingerprint density at radius 1 is 1.21 bits per heavy atom. The van der Waals surface area contributed by atoms with Crippen LogP contribution in [-0.2, 0) is 13.0 Å². The van der Waals surface area contributed by atoms with Crippen LogP contribution in [0.4, 0.5) is 0 Å². The average Bonchev–Trinajstić information content (AvgIpc) is 3.11. The van der Waals surface area contributed by atoms with Crippen molar-refractivity contribution in [2.75, 3.05) is 20.6 Å². The van der Waals surface area contributed by atoms with Gasteiger partial charge >= 0.3 is 0 Å². The smallest absolute Gasteiger partial charge is 0.251 e. The highest BCUT2D eigenvalue weighted by Crippen LogP contribution is 2.06. The van der Waals surface area contributed by atoms with Crippen molar-refractivity contribution in [1.82, 2.24) is 16.0 Å². The van der Waals surface area contributed by atoms with Crippen LogP contribution in [0.25, 0.3) is 0 Å². The number of aliphatic imine (C=N–C) groups is 1. The molecule has 24 heavy (non-hydrogen) atoms. The molecule has 130 valence electrons. The van der Waals surface area contributed by atoms with Crippen LogP contribution < -0.4 is 16.0 Å². The highest BCUT2D eigenvalue weighted by Gasteiger charge is 2.04. The third-order valence-corrected chi connectivity index (χ3v) is 4.12. The summed E-state index contributed by atoms with van der Waals surface area (Å²) < 4.78 is 0. The van der Waals surface area contributed by atoms with Gasteiger partial charge in [0.1, 0.15) is 0 Å². The van der Waals surface area contributed by atoms with Crippen molar-refractivity contribution in [3.63, 3.8) is 0 Å². The number of guanidine groups is 1. The van der Waals surface area contributed by atoms with E-state index in [1.807, 2.05) is 24.3 Å². The number of carbonyl (C=O) groups excluding carboxylic acids is 1. The molecule has 1 aromatic carbocycles. The first-order chi connectivity index (χ1) is 11.2. The van der Waals surface area contributed by atoms with Gasteiger partial charge in [0.25, 0.3) is 5.91 Å². The molecule has 3 N–H and O–H groups in total. The van der Waals surface area contributed by atoms with Gasteiger partial charge in [-0.1, -0.05) is 12.1 Å². The molecule has 7 heteroatoms. The third kappa shape index (κ3) is 6.48. The highest BCUT2D eigenvalue weighted by molar-refractivity contribution is 14.0. The lowest BCUT2D eigenvalue weighted by atomic mass is 10.1. The van der Waals surface area contributed by atoms with Gasteiger partial charge in [-0.15, -0.1) is 24.0 Å². The molecule has 2 rings (SSSR count). The Hall–Kier alpha value is -1.61. The van der Waals surface area contributed by atoms with E-state index in [1.165, 1.54) is 5.56 Å². The van der Waals surface area contributed by atoms with Crippen molar-refractivity contribution in [3.8, 4) is 0 Å². The van der Waals surface area contributed by atoms with Crippen molar-refractivity contribution in [3.05, 3.63) is 57.8 Å². The number of benzene rings is 1. The lowest BCUT2D eigenvalue weighted by Crippen LogP contribution is -2.37. The molecule has 5 nitrogen and oxygen atoms in total. The number of halogens is 1. The minimum Gasteiger partial charge on any atom is -0.356 e. The number of hydrogen-bond acceptors (Lipinski definition) is 3. The molecule has 0 fully saturated rings. The molecule has 1 heterocycles. The van der Waals surface area contributed by atoms with Crippen LogP contribution in [-0.4, -0.2) is 32.5 Å². The fourth-order valence-electron chi connectivity index (χ4n) is 2.14. The Bertz CT molecular complexity index is 658. The number of nitrogens with one attached hydrogen (secondary N) is 3. The number of rotatable bonds is 6. The normalized spacial score (nSPS) is 10.7. The predicted octanol–water partition coefficient (Wildman–Crippen LogP) is 2.63. The molecule has 0 aliphatic heterocycles. The summed E-state index contributed by atoms with van der Waals surface area (Å²) in [6, 6.07) is 9.76. The van der Waals surface area contributed by atoms with Gasteiger partial charge in [-0.25, -0.2) is 0 Å². The topological polar surface area (TPSA) is 65.5 Å². The van der Waals surface area contributed by atoms with Crippen LogP contribution in [0.3, 0.4) is 0 Å². The zero-order chi connectivity index (χ0) is 16.5. The average molecular weight is 458 g/mol. The predicted molar refractivity (Wildman–Crippen MR) is 111 cm³/mol. The van der Waals surface area contributed by atoms with Crippen molar-refractivity contribution in [1.29, 1.82) is 0 Å². The second kappa shape index (κ2) is 11.0. The summed E-state index contributed by atoms with van der Waals surface area (Å²) in [5, 5.41) is 13.4. The summed E-state index contributed by atoms with van der Waals surface area (Å²) in [4.78, 5) is 15.8. The van der Waals surface area contributed by atoms with E-state index in [4.69, 9.17) is 0 Å². The fourth-order valence-corrected chi connectivity index (χ4v) is 2.81. The summed E-state index contributed by atoms with van der Waals surface area (Å²) in [7, 11) is 3.40. The number of carbonyl (C=O) groups is 1. The molecule has 1 amide bonds. The van der Waals surface area contributed by atoms with Crippen LogP contribution >= 0.6 is 35.3 Å². The van der Waals surface area contributed by atoms with E-state index in [9.17, 15) is 4.79 Å². The largest absolute Gasteiger partial charge is 0.356 e. The summed E-state index contributed by atoms with van der Waals surface area (Å²) in [6.45, 7) is 1.51. The number of thiophene rings is 1. The van der Waals surface area contributed by atoms with Crippen LogP contribution in [0.2, 0.25) is 0 Å². The molecule has 0 bridgehead atoms. The van der Waals surface area contributed by atoms with Crippen LogP contribution in [0, 0.1) is 0 Å². The highest BCUT2D eigenvalue weighted by atomic mass is 127. The first-order valence-electron chi connectivity index (χ1n) is 7.49. The van der Waals surface area contributed by atoms with E-state index in [1.54, 1.807) is 25.4 Å². The second-order valence-electron chi connectivity index (χ2n) is 5.01. The summed E-state index contributed by atoms with van der Waals surface area (Å²) >= 11 is 1.69. The van der Waals surface area contributed by atoms with Crippen molar-refractivity contribution in [2.45, 2.75) is 13.0 Å². The van der Waals surface area contributed by atoms with Crippen LogP contribution in [0.5, 0.6) is 0 Å². The van der Waals surface area contributed by atoms with Crippen molar-refractivity contribution in [2.24, 2.45) is 4.99 Å². The van der Waals surface area contributed by atoms with E-state index in [0.717, 1.165) is 31.0 Å². The second-order valence-corrected chi connectivity index (χ2v) is 5.79. The zero-order valence-electron chi connectivity index (χ0n) is 13.8. The van der Waals surface area contributed by atoms with Crippen LogP contribution in [0.15, 0.2) is 46.1 Å². The Morgan fingerprint density at radius 2 is 2.04 bits per heavy atom. The SMILES string of the molecule is CN=C(NCCc1cccc(C(=O)NC)c1)NCc1ccsc1.I. The quantitative estimate of drug-likeness (QED) is 0.354. The summed E-state index contributed by atoms with van der Waals surface area (Å²) in [5.41, 5.74) is 3.05. The molecule has 1 aromatic heterocycles. The van der Waals surface area contributed by atoms with E-state index < -0.39 is 0 Å². The first-order valence-corrected chi connectivity index (χ1v) is 8.44. The van der Waals surface area contributed by atoms with Crippen molar-refractivity contribution < 1.29 is 4.79 Å². The molecular formula is C17H23IN4OS. The molecule has 0 saturated carbocycles. The van der Waals surface area contributed by atoms with E-state index >= 15 is 0 Å². The van der Waals surface area contributed by atoms with Gasteiger partial charge in [-0.3, -0.25) is 9.79 Å². The molecular weight excluding hydrogens is 435 g/mol. The molecule has 0 unspecified atom stereocenters. The fraction of sp³-hybridized carbons (Fsp3) is 0.294. The minimum absolute atomic E-state index is 0. The summed E-state index contributed by atoms with van der Waals surface area (Å²) in [6.07, 6.45) is 0.823. The van der Waals surface area contributed by atoms with E-state index in [2.05, 4.69) is 37.8 Å². The lowest BCUT2D eigenvalue weighted by Gasteiger charge is -2.11. The monoisotopic (exact) mass is 458 g/mol.